The van der Waals surface area contributed by atoms with Gasteiger partial charge in [0.25, 0.3) is 0 Å². The third-order valence-electron chi connectivity index (χ3n) is 2.75. The Kier molecular flexibility index (Phi) is 3.54. The first kappa shape index (κ1) is 12.1. The molecule has 90 valence electrons. The van der Waals surface area contributed by atoms with Crippen molar-refractivity contribution in [3.8, 4) is 35.0 Å². The van der Waals surface area contributed by atoms with E-state index in [2.05, 4.69) is 5.92 Å². The first-order valence-electron chi connectivity index (χ1n) is 5.57. The summed E-state index contributed by atoms with van der Waals surface area (Å²) in [5.41, 5.74) is 2.81. The van der Waals surface area contributed by atoms with E-state index >= 15 is 0 Å². The lowest BCUT2D eigenvalue weighted by Gasteiger charge is -2.10. The lowest BCUT2D eigenvalue weighted by molar-refractivity contribution is 0.413. The predicted molar refractivity (Wildman–Crippen MR) is 72.9 cm³/mol. The maximum absolute atomic E-state index is 5.43. The minimum atomic E-state index is 0.794. The van der Waals surface area contributed by atoms with Crippen molar-refractivity contribution >= 4 is 0 Å². The van der Waals surface area contributed by atoms with E-state index in [0.29, 0.717) is 0 Å². The topological polar surface area (TPSA) is 18.5 Å². The van der Waals surface area contributed by atoms with E-state index in [-0.39, 0.29) is 0 Å². The molecule has 2 heteroatoms. The second-order valence-corrected chi connectivity index (χ2v) is 3.79. The standard InChI is InChI=1S/C16H14O2/c1-4-12-8-9-16(18-3)15(10-12)13-6-5-7-14(11-13)17-2/h1,5-11H,2-3H3. The van der Waals surface area contributed by atoms with Crippen LogP contribution < -0.4 is 9.47 Å². The Labute approximate surface area is 107 Å². The van der Waals surface area contributed by atoms with Gasteiger partial charge in [-0.15, -0.1) is 6.42 Å². The van der Waals surface area contributed by atoms with Gasteiger partial charge < -0.3 is 9.47 Å². The van der Waals surface area contributed by atoms with Crippen molar-refractivity contribution < 1.29 is 9.47 Å². The molecular weight excluding hydrogens is 224 g/mol. The highest BCUT2D eigenvalue weighted by Crippen LogP contribution is 2.32. The molecular formula is C16H14O2. The average Bonchev–Trinajstić information content (AvgIpc) is 2.46. The molecule has 18 heavy (non-hydrogen) atoms. The predicted octanol–water partition coefficient (Wildman–Crippen LogP) is 3.35. The van der Waals surface area contributed by atoms with Crippen molar-refractivity contribution in [3.05, 3.63) is 48.0 Å². The van der Waals surface area contributed by atoms with E-state index in [4.69, 9.17) is 15.9 Å². The van der Waals surface area contributed by atoms with Crippen LogP contribution in [0.1, 0.15) is 5.56 Å². The molecule has 2 aromatic rings. The molecule has 0 unspecified atom stereocenters. The molecule has 0 heterocycles. The molecule has 0 N–H and O–H groups in total. The molecule has 0 fully saturated rings. The number of hydrogen-bond donors (Lipinski definition) is 0. The van der Waals surface area contributed by atoms with Gasteiger partial charge in [-0.25, -0.2) is 0 Å². The van der Waals surface area contributed by atoms with Crippen molar-refractivity contribution in [1.29, 1.82) is 0 Å². The fraction of sp³-hybridized carbons (Fsp3) is 0.125. The van der Waals surface area contributed by atoms with Crippen molar-refractivity contribution in [2.45, 2.75) is 0 Å². The minimum absolute atomic E-state index is 0.794. The van der Waals surface area contributed by atoms with Crippen LogP contribution in [0.15, 0.2) is 42.5 Å². The molecule has 0 aromatic heterocycles. The summed E-state index contributed by atoms with van der Waals surface area (Å²) in [5, 5.41) is 0. The zero-order valence-corrected chi connectivity index (χ0v) is 10.4. The van der Waals surface area contributed by atoms with Gasteiger partial charge in [0.2, 0.25) is 0 Å². The lowest BCUT2D eigenvalue weighted by atomic mass is 10.0. The van der Waals surface area contributed by atoms with Crippen LogP contribution in [0.5, 0.6) is 11.5 Å². The Bertz CT molecular complexity index is 594. The monoisotopic (exact) mass is 238 g/mol. The highest BCUT2D eigenvalue weighted by molar-refractivity contribution is 5.73. The lowest BCUT2D eigenvalue weighted by Crippen LogP contribution is -1.90. The quantitative estimate of drug-likeness (QED) is 0.763. The molecule has 0 radical (unpaired) electrons. The SMILES string of the molecule is C#Cc1ccc(OC)c(-c2cccc(OC)c2)c1. The van der Waals surface area contributed by atoms with E-state index in [0.717, 1.165) is 28.2 Å². The fourth-order valence-corrected chi connectivity index (χ4v) is 1.81. The Morgan fingerprint density at radius 1 is 1.00 bits per heavy atom. The van der Waals surface area contributed by atoms with Crippen molar-refractivity contribution in [2.24, 2.45) is 0 Å². The summed E-state index contributed by atoms with van der Waals surface area (Å²) in [7, 11) is 3.29. The van der Waals surface area contributed by atoms with Crippen molar-refractivity contribution in [1.82, 2.24) is 0 Å². The van der Waals surface area contributed by atoms with Gasteiger partial charge in [-0.2, -0.15) is 0 Å². The number of rotatable bonds is 3. The number of terminal acetylenes is 1. The van der Waals surface area contributed by atoms with E-state index in [9.17, 15) is 0 Å². The maximum Gasteiger partial charge on any atom is 0.126 e. The molecule has 2 nitrogen and oxygen atoms in total. The molecule has 0 amide bonds. The van der Waals surface area contributed by atoms with Crippen molar-refractivity contribution in [2.75, 3.05) is 14.2 Å². The molecule has 0 aliphatic carbocycles. The molecule has 0 bridgehead atoms. The largest absolute Gasteiger partial charge is 0.497 e. The van der Waals surface area contributed by atoms with Crippen LogP contribution in [0.2, 0.25) is 0 Å². The molecule has 0 saturated heterocycles. The Hall–Kier alpha value is -2.40. The van der Waals surface area contributed by atoms with Crippen LogP contribution >= 0.6 is 0 Å². The van der Waals surface area contributed by atoms with E-state index in [1.165, 1.54) is 0 Å². The van der Waals surface area contributed by atoms with Gasteiger partial charge in [-0.3, -0.25) is 0 Å². The molecule has 0 saturated carbocycles. The second kappa shape index (κ2) is 5.29. The summed E-state index contributed by atoms with van der Waals surface area (Å²) in [6, 6.07) is 13.5. The fourth-order valence-electron chi connectivity index (χ4n) is 1.81. The molecule has 2 aromatic carbocycles. The number of benzene rings is 2. The molecule has 0 spiro atoms. The van der Waals surface area contributed by atoms with Gasteiger partial charge in [0, 0.05) is 11.1 Å². The summed E-state index contributed by atoms with van der Waals surface area (Å²) in [6.45, 7) is 0. The van der Waals surface area contributed by atoms with Crippen LogP contribution in [0.25, 0.3) is 11.1 Å². The van der Waals surface area contributed by atoms with Crippen LogP contribution in [0.3, 0.4) is 0 Å². The van der Waals surface area contributed by atoms with Gasteiger partial charge in [0.05, 0.1) is 14.2 Å². The summed E-state index contributed by atoms with van der Waals surface area (Å²) in [5.74, 6) is 4.23. The number of ether oxygens (including phenoxy) is 2. The Morgan fingerprint density at radius 3 is 2.50 bits per heavy atom. The van der Waals surface area contributed by atoms with Crippen LogP contribution in [0.4, 0.5) is 0 Å². The highest BCUT2D eigenvalue weighted by Gasteiger charge is 2.07. The first-order valence-corrected chi connectivity index (χ1v) is 5.57. The van der Waals surface area contributed by atoms with Gasteiger partial charge in [0.15, 0.2) is 0 Å². The molecule has 0 aliphatic rings. The Morgan fingerprint density at radius 2 is 1.83 bits per heavy atom. The van der Waals surface area contributed by atoms with Crippen LogP contribution in [-0.4, -0.2) is 14.2 Å². The Balaban J connectivity index is 2.57. The number of methoxy groups -OCH3 is 2. The summed E-state index contributed by atoms with van der Waals surface area (Å²) in [6.07, 6.45) is 5.43. The zero-order chi connectivity index (χ0) is 13.0. The number of hydrogen-bond acceptors (Lipinski definition) is 2. The molecule has 0 atom stereocenters. The highest BCUT2D eigenvalue weighted by atomic mass is 16.5. The van der Waals surface area contributed by atoms with E-state index in [1.54, 1.807) is 14.2 Å². The van der Waals surface area contributed by atoms with E-state index < -0.39 is 0 Å². The van der Waals surface area contributed by atoms with Gasteiger partial charge >= 0.3 is 0 Å². The van der Waals surface area contributed by atoms with Crippen LogP contribution in [-0.2, 0) is 0 Å². The molecule has 0 aliphatic heterocycles. The summed E-state index contributed by atoms with van der Waals surface area (Å²) >= 11 is 0. The third-order valence-corrected chi connectivity index (χ3v) is 2.75. The first-order chi connectivity index (χ1) is 8.78. The maximum atomic E-state index is 5.43. The van der Waals surface area contributed by atoms with Crippen LogP contribution in [0, 0.1) is 12.3 Å². The van der Waals surface area contributed by atoms with Gasteiger partial charge in [0.1, 0.15) is 11.5 Å². The van der Waals surface area contributed by atoms with Gasteiger partial charge in [-0.1, -0.05) is 18.1 Å². The summed E-state index contributed by atoms with van der Waals surface area (Å²) < 4.78 is 10.6. The van der Waals surface area contributed by atoms with Crippen molar-refractivity contribution in [3.63, 3.8) is 0 Å². The van der Waals surface area contributed by atoms with Gasteiger partial charge in [-0.05, 0) is 35.9 Å². The van der Waals surface area contributed by atoms with E-state index in [1.807, 2.05) is 42.5 Å². The summed E-state index contributed by atoms with van der Waals surface area (Å²) in [4.78, 5) is 0. The second-order valence-electron chi connectivity index (χ2n) is 3.79. The normalized spacial score (nSPS) is 9.61. The minimum Gasteiger partial charge on any atom is -0.497 e. The third kappa shape index (κ3) is 2.31. The smallest absolute Gasteiger partial charge is 0.126 e. The zero-order valence-electron chi connectivity index (χ0n) is 10.4. The molecule has 2 rings (SSSR count). The average molecular weight is 238 g/mol.